The molecule has 2 aliphatic rings. The number of halogens is 1. The van der Waals surface area contributed by atoms with Gasteiger partial charge in [0.15, 0.2) is 0 Å². The van der Waals surface area contributed by atoms with Crippen molar-refractivity contribution in [2.75, 3.05) is 32.8 Å². The number of rotatable bonds is 7. The Morgan fingerprint density at radius 2 is 1.76 bits per heavy atom. The number of amides is 1. The number of piperidine rings is 2. The van der Waals surface area contributed by atoms with Crippen LogP contribution in [0.4, 0.5) is 4.39 Å². The van der Waals surface area contributed by atoms with Gasteiger partial charge in [0.25, 0.3) is 0 Å². The average molecular weight is 489 g/mol. The molecule has 4 rings (SSSR count). The molecule has 0 radical (unpaired) electrons. The number of carbonyl (C=O) groups excluding carboxylic acids is 1. The molecule has 0 N–H and O–H groups in total. The Kier molecular flexibility index (Phi) is 7.57. The third-order valence-electron chi connectivity index (χ3n) is 6.90. The van der Waals surface area contributed by atoms with Gasteiger partial charge in [-0.1, -0.05) is 18.2 Å². The van der Waals surface area contributed by atoms with Gasteiger partial charge in [0, 0.05) is 38.0 Å². The number of carbonyl (C=O) groups is 1. The number of nitrogens with zero attached hydrogens (tertiary/aromatic N) is 2. The van der Waals surface area contributed by atoms with Crippen molar-refractivity contribution >= 4 is 15.9 Å². The van der Waals surface area contributed by atoms with E-state index in [0.717, 1.165) is 32.4 Å². The highest BCUT2D eigenvalue weighted by Gasteiger charge is 2.43. The molecule has 6 nitrogen and oxygen atoms in total. The maximum atomic E-state index is 13.6. The fourth-order valence-electron chi connectivity index (χ4n) is 5.05. The Morgan fingerprint density at radius 1 is 1.03 bits per heavy atom. The number of sulfonamides is 1. The smallest absolute Gasteiger partial charge is 0.243 e. The molecule has 34 heavy (non-hydrogen) atoms. The molecule has 1 atom stereocenters. The molecule has 2 fully saturated rings. The van der Waals surface area contributed by atoms with E-state index in [1.165, 1.54) is 22.5 Å². The number of hydrogen-bond donors (Lipinski definition) is 0. The highest BCUT2D eigenvalue weighted by atomic mass is 32.2. The van der Waals surface area contributed by atoms with Gasteiger partial charge in [0.2, 0.25) is 15.9 Å². The molecule has 2 aromatic carbocycles. The van der Waals surface area contributed by atoms with Gasteiger partial charge in [0.05, 0.1) is 11.5 Å². The zero-order valence-electron chi connectivity index (χ0n) is 19.7. The molecular weight excluding hydrogens is 455 g/mol. The van der Waals surface area contributed by atoms with Crippen LogP contribution >= 0.6 is 0 Å². The molecule has 2 aromatic rings. The fourth-order valence-corrected chi connectivity index (χ4v) is 6.85. The van der Waals surface area contributed by atoms with Gasteiger partial charge in [-0.3, -0.25) is 4.79 Å². The van der Waals surface area contributed by atoms with Crippen LogP contribution in [-0.4, -0.2) is 56.3 Å². The molecule has 8 heteroatoms. The first-order valence-corrected chi connectivity index (χ1v) is 13.5. The number of hydrogen-bond acceptors (Lipinski definition) is 4. The summed E-state index contributed by atoms with van der Waals surface area (Å²) in [6.07, 6.45) is 4.72. The normalized spacial score (nSPS) is 21.9. The lowest BCUT2D eigenvalue weighted by molar-refractivity contribution is -0.136. The second-order valence-electron chi connectivity index (χ2n) is 9.57. The highest BCUT2D eigenvalue weighted by molar-refractivity contribution is 7.89. The second kappa shape index (κ2) is 10.4. The van der Waals surface area contributed by atoms with Gasteiger partial charge in [-0.25, -0.2) is 12.8 Å². The molecule has 1 amide bonds. The number of benzene rings is 2. The average Bonchev–Trinajstić information content (AvgIpc) is 2.84. The first-order valence-electron chi connectivity index (χ1n) is 12.0. The van der Waals surface area contributed by atoms with Crippen molar-refractivity contribution in [2.45, 2.75) is 50.3 Å². The lowest BCUT2D eigenvalue weighted by atomic mass is 9.78. The van der Waals surface area contributed by atoms with Crippen molar-refractivity contribution in [3.63, 3.8) is 0 Å². The number of para-hydroxylation sites is 1. The molecule has 0 spiro atoms. The minimum atomic E-state index is -3.84. The van der Waals surface area contributed by atoms with Gasteiger partial charge < -0.3 is 9.64 Å². The van der Waals surface area contributed by atoms with Gasteiger partial charge in [-0.05, 0) is 74.9 Å². The minimum Gasteiger partial charge on any atom is -0.493 e. The summed E-state index contributed by atoms with van der Waals surface area (Å²) in [6.45, 7) is 3.93. The molecule has 2 heterocycles. The van der Waals surface area contributed by atoms with E-state index in [2.05, 4.69) is 0 Å². The second-order valence-corrected chi connectivity index (χ2v) is 11.5. The van der Waals surface area contributed by atoms with E-state index in [4.69, 9.17) is 4.74 Å². The number of likely N-dealkylation sites (tertiary alicyclic amines) is 1. The monoisotopic (exact) mass is 488 g/mol. The van der Waals surface area contributed by atoms with E-state index in [0.29, 0.717) is 30.7 Å². The summed E-state index contributed by atoms with van der Waals surface area (Å²) in [5.41, 5.74) is -0.259. The fraction of sp³-hybridized carbons (Fsp3) is 0.500. The van der Waals surface area contributed by atoms with Crippen LogP contribution in [0.25, 0.3) is 0 Å². The standard InChI is InChI=1S/C26H33FN2O4S/c1-21-17-22(27)11-12-24(21)34(31,32)29-16-8-13-26(19-29,20-33-23-9-4-2-5-10-23)18-25(30)28-14-6-3-7-15-28/h2,4-5,9-12,17H,3,6-8,13-16,18-20H2,1H3/t26-/m1/s1. The van der Waals surface area contributed by atoms with Crippen LogP contribution in [0.2, 0.25) is 0 Å². The predicted molar refractivity (Wildman–Crippen MR) is 129 cm³/mol. The summed E-state index contributed by atoms with van der Waals surface area (Å²) in [4.78, 5) is 15.3. The quantitative estimate of drug-likeness (QED) is 0.580. The van der Waals surface area contributed by atoms with E-state index in [9.17, 15) is 17.6 Å². The first-order chi connectivity index (χ1) is 16.3. The lowest BCUT2D eigenvalue weighted by Crippen LogP contribution is -2.51. The van der Waals surface area contributed by atoms with Gasteiger partial charge in [-0.2, -0.15) is 4.31 Å². The zero-order valence-corrected chi connectivity index (χ0v) is 20.5. The Hall–Kier alpha value is -2.45. The highest BCUT2D eigenvalue weighted by Crippen LogP contribution is 2.38. The molecule has 2 saturated heterocycles. The van der Waals surface area contributed by atoms with Crippen molar-refractivity contribution in [3.05, 3.63) is 59.9 Å². The maximum Gasteiger partial charge on any atom is 0.243 e. The molecule has 0 bridgehead atoms. The van der Waals surface area contributed by atoms with E-state index in [-0.39, 0.29) is 30.4 Å². The molecule has 2 aliphatic heterocycles. The molecule has 0 saturated carbocycles. The maximum absolute atomic E-state index is 13.6. The minimum absolute atomic E-state index is 0.0635. The Bertz CT molecular complexity index is 1100. The Labute approximate surface area is 201 Å². The SMILES string of the molecule is Cc1cc(F)ccc1S(=O)(=O)N1CCC[C@@](COc2ccccc2)(CC(=O)N2CCCCC2)C1. The van der Waals surface area contributed by atoms with Crippen LogP contribution in [0.1, 0.15) is 44.1 Å². The van der Waals surface area contributed by atoms with Crippen molar-refractivity contribution in [2.24, 2.45) is 5.41 Å². The van der Waals surface area contributed by atoms with Gasteiger partial charge >= 0.3 is 0 Å². The van der Waals surface area contributed by atoms with Crippen molar-refractivity contribution in [1.29, 1.82) is 0 Å². The van der Waals surface area contributed by atoms with Crippen LogP contribution in [0.5, 0.6) is 5.75 Å². The first kappa shape index (κ1) is 24.7. The topological polar surface area (TPSA) is 66.9 Å². The third-order valence-corrected chi connectivity index (χ3v) is 8.91. The summed E-state index contributed by atoms with van der Waals surface area (Å²) in [5, 5.41) is 0. The number of ether oxygens (including phenoxy) is 1. The summed E-state index contributed by atoms with van der Waals surface area (Å²) in [6, 6.07) is 13.1. The van der Waals surface area contributed by atoms with E-state index in [1.807, 2.05) is 35.2 Å². The van der Waals surface area contributed by atoms with Crippen LogP contribution < -0.4 is 4.74 Å². The zero-order chi connectivity index (χ0) is 24.2. The summed E-state index contributed by atoms with van der Waals surface area (Å²) in [7, 11) is -3.84. The van der Waals surface area contributed by atoms with Crippen LogP contribution in [-0.2, 0) is 14.8 Å². The van der Waals surface area contributed by atoms with Crippen molar-refractivity contribution < 1.29 is 22.3 Å². The Morgan fingerprint density at radius 3 is 2.47 bits per heavy atom. The third kappa shape index (κ3) is 5.61. The predicted octanol–water partition coefficient (Wildman–Crippen LogP) is 4.39. The van der Waals surface area contributed by atoms with Crippen LogP contribution in [0.15, 0.2) is 53.4 Å². The van der Waals surface area contributed by atoms with Crippen LogP contribution in [0, 0.1) is 18.2 Å². The molecule has 184 valence electrons. The summed E-state index contributed by atoms with van der Waals surface area (Å²) < 4.78 is 48.2. The molecule has 0 aliphatic carbocycles. The van der Waals surface area contributed by atoms with E-state index < -0.39 is 21.3 Å². The Balaban J connectivity index is 1.59. The van der Waals surface area contributed by atoms with Crippen molar-refractivity contribution in [3.8, 4) is 5.75 Å². The number of aryl methyl sites for hydroxylation is 1. The van der Waals surface area contributed by atoms with Gasteiger partial charge in [0.1, 0.15) is 11.6 Å². The summed E-state index contributed by atoms with van der Waals surface area (Å²) >= 11 is 0. The van der Waals surface area contributed by atoms with Crippen molar-refractivity contribution in [1.82, 2.24) is 9.21 Å². The largest absolute Gasteiger partial charge is 0.493 e. The van der Waals surface area contributed by atoms with E-state index in [1.54, 1.807) is 6.92 Å². The molecular formula is C26H33FN2O4S. The molecule has 0 unspecified atom stereocenters. The van der Waals surface area contributed by atoms with Gasteiger partial charge in [-0.15, -0.1) is 0 Å². The van der Waals surface area contributed by atoms with E-state index >= 15 is 0 Å². The molecule has 0 aromatic heterocycles. The lowest BCUT2D eigenvalue weighted by Gasteiger charge is -2.42. The van der Waals surface area contributed by atoms with Crippen LogP contribution in [0.3, 0.4) is 0 Å². The summed E-state index contributed by atoms with van der Waals surface area (Å²) in [5.74, 6) is 0.294.